The first-order chi connectivity index (χ1) is 12.7. The van der Waals surface area contributed by atoms with Crippen molar-refractivity contribution in [3.05, 3.63) is 52.7 Å². The lowest BCUT2D eigenvalue weighted by Gasteiger charge is -2.24. The van der Waals surface area contributed by atoms with Crippen molar-refractivity contribution in [2.45, 2.75) is 39.3 Å². The van der Waals surface area contributed by atoms with E-state index < -0.39 is 0 Å². The second kappa shape index (κ2) is 7.43. The fourth-order valence-corrected chi connectivity index (χ4v) is 3.96. The van der Waals surface area contributed by atoms with Crippen molar-refractivity contribution < 1.29 is 0 Å². The molecule has 1 saturated heterocycles. The Bertz CT molecular complexity index is 880. The standard InChI is InChI=1S/C18H21N7S/c1-12-20-15(9-17(21-12)22-18-24-23-13(2)26-18)16-6-4-8-25(16)11-14-5-3-7-19-10-14/h3,5,7,9-10,16H,4,6,8,11H2,1-2H3,(H,20,21,22,24)/t16-/m1/s1. The predicted molar refractivity (Wildman–Crippen MR) is 101 cm³/mol. The highest BCUT2D eigenvalue weighted by molar-refractivity contribution is 7.15. The Morgan fingerprint density at radius 3 is 2.96 bits per heavy atom. The molecule has 0 saturated carbocycles. The zero-order chi connectivity index (χ0) is 17.9. The summed E-state index contributed by atoms with van der Waals surface area (Å²) in [4.78, 5) is 15.9. The van der Waals surface area contributed by atoms with Gasteiger partial charge in [0.15, 0.2) is 0 Å². The fraction of sp³-hybridized carbons (Fsp3) is 0.389. The molecule has 0 aliphatic carbocycles. The highest BCUT2D eigenvalue weighted by Crippen LogP contribution is 2.33. The maximum absolute atomic E-state index is 4.71. The number of aryl methyl sites for hydroxylation is 2. The Hall–Kier alpha value is -2.45. The van der Waals surface area contributed by atoms with Crippen LogP contribution in [0.15, 0.2) is 30.6 Å². The number of hydrogen-bond donors (Lipinski definition) is 1. The summed E-state index contributed by atoms with van der Waals surface area (Å²) in [5.74, 6) is 1.54. The van der Waals surface area contributed by atoms with E-state index in [0.717, 1.165) is 47.0 Å². The maximum atomic E-state index is 4.71. The van der Waals surface area contributed by atoms with Crippen molar-refractivity contribution in [2.75, 3.05) is 11.9 Å². The highest BCUT2D eigenvalue weighted by atomic mass is 32.1. The smallest absolute Gasteiger partial charge is 0.211 e. The number of anilines is 2. The van der Waals surface area contributed by atoms with Gasteiger partial charge in [-0.15, -0.1) is 10.2 Å². The molecule has 26 heavy (non-hydrogen) atoms. The van der Waals surface area contributed by atoms with Crippen LogP contribution in [-0.2, 0) is 6.54 Å². The summed E-state index contributed by atoms with van der Waals surface area (Å²) < 4.78 is 0. The molecule has 0 aromatic carbocycles. The van der Waals surface area contributed by atoms with Crippen molar-refractivity contribution in [1.29, 1.82) is 0 Å². The van der Waals surface area contributed by atoms with E-state index in [0.29, 0.717) is 6.04 Å². The van der Waals surface area contributed by atoms with Crippen LogP contribution in [0.3, 0.4) is 0 Å². The van der Waals surface area contributed by atoms with Crippen LogP contribution in [0.1, 0.15) is 41.0 Å². The van der Waals surface area contributed by atoms with E-state index in [1.807, 2.05) is 38.4 Å². The van der Waals surface area contributed by atoms with Gasteiger partial charge in [0.05, 0.1) is 11.7 Å². The Morgan fingerprint density at radius 1 is 1.27 bits per heavy atom. The third-order valence-corrected chi connectivity index (χ3v) is 5.19. The molecule has 4 heterocycles. The zero-order valence-corrected chi connectivity index (χ0v) is 15.7. The van der Waals surface area contributed by atoms with E-state index in [2.05, 4.69) is 36.4 Å². The number of hydrogen-bond acceptors (Lipinski definition) is 8. The Kier molecular flexibility index (Phi) is 4.85. The topological polar surface area (TPSA) is 79.7 Å². The average Bonchev–Trinajstić information content (AvgIpc) is 3.24. The first kappa shape index (κ1) is 17.0. The Morgan fingerprint density at radius 2 is 2.19 bits per heavy atom. The summed E-state index contributed by atoms with van der Waals surface area (Å²) >= 11 is 1.52. The molecule has 3 aromatic rings. The van der Waals surface area contributed by atoms with Gasteiger partial charge in [-0.1, -0.05) is 17.4 Å². The van der Waals surface area contributed by atoms with Crippen LogP contribution in [-0.4, -0.2) is 36.6 Å². The molecule has 0 amide bonds. The quantitative estimate of drug-likeness (QED) is 0.740. The van der Waals surface area contributed by atoms with Gasteiger partial charge < -0.3 is 5.32 Å². The number of aromatic nitrogens is 5. The molecule has 1 N–H and O–H groups in total. The molecule has 1 fully saturated rings. The third-order valence-electron chi connectivity index (χ3n) is 4.43. The second-order valence-corrected chi connectivity index (χ2v) is 7.65. The van der Waals surface area contributed by atoms with Gasteiger partial charge in [0, 0.05) is 25.0 Å². The fourth-order valence-electron chi connectivity index (χ4n) is 3.36. The van der Waals surface area contributed by atoms with Crippen molar-refractivity contribution in [3.63, 3.8) is 0 Å². The van der Waals surface area contributed by atoms with Gasteiger partial charge in [-0.3, -0.25) is 9.88 Å². The van der Waals surface area contributed by atoms with Crippen LogP contribution in [0.2, 0.25) is 0 Å². The van der Waals surface area contributed by atoms with E-state index in [4.69, 9.17) is 4.98 Å². The van der Waals surface area contributed by atoms with Gasteiger partial charge >= 0.3 is 0 Å². The number of nitrogens with one attached hydrogen (secondary N) is 1. The number of pyridine rings is 1. The van der Waals surface area contributed by atoms with E-state index in [1.165, 1.54) is 23.3 Å². The molecule has 134 valence electrons. The number of nitrogens with zero attached hydrogens (tertiary/aromatic N) is 6. The SMILES string of the molecule is Cc1nc(Nc2nnc(C)s2)cc([C@H]2CCCN2Cc2cccnc2)n1. The molecule has 0 spiro atoms. The molecule has 7 nitrogen and oxygen atoms in total. The van der Waals surface area contributed by atoms with E-state index in [9.17, 15) is 0 Å². The van der Waals surface area contributed by atoms with E-state index in [1.54, 1.807) is 0 Å². The van der Waals surface area contributed by atoms with Gasteiger partial charge in [0.2, 0.25) is 5.13 Å². The van der Waals surface area contributed by atoms with E-state index >= 15 is 0 Å². The van der Waals surface area contributed by atoms with Crippen LogP contribution in [0.4, 0.5) is 10.9 Å². The molecule has 1 aliphatic rings. The van der Waals surface area contributed by atoms with Crippen molar-refractivity contribution >= 4 is 22.3 Å². The predicted octanol–water partition coefficient (Wildman–Crippen LogP) is 3.42. The first-order valence-electron chi connectivity index (χ1n) is 8.73. The summed E-state index contributed by atoms with van der Waals surface area (Å²) in [5, 5.41) is 13.1. The Balaban J connectivity index is 1.55. The van der Waals surface area contributed by atoms with Crippen LogP contribution in [0.25, 0.3) is 0 Å². The molecule has 0 unspecified atom stereocenters. The monoisotopic (exact) mass is 367 g/mol. The van der Waals surface area contributed by atoms with Crippen molar-refractivity contribution in [1.82, 2.24) is 30.0 Å². The molecule has 4 rings (SSSR count). The Labute approximate surface area is 156 Å². The van der Waals surface area contributed by atoms with Crippen LogP contribution < -0.4 is 5.32 Å². The molecule has 8 heteroatoms. The summed E-state index contributed by atoms with van der Waals surface area (Å²) in [7, 11) is 0. The average molecular weight is 367 g/mol. The van der Waals surface area contributed by atoms with Crippen LogP contribution in [0.5, 0.6) is 0 Å². The summed E-state index contributed by atoms with van der Waals surface area (Å²) in [6.45, 7) is 5.83. The number of likely N-dealkylation sites (tertiary alicyclic amines) is 1. The minimum Gasteiger partial charge on any atom is -0.315 e. The molecule has 1 aliphatic heterocycles. The zero-order valence-electron chi connectivity index (χ0n) is 14.9. The van der Waals surface area contributed by atoms with Gasteiger partial charge in [-0.25, -0.2) is 9.97 Å². The minimum atomic E-state index is 0.300. The molecule has 3 aromatic heterocycles. The summed E-state index contributed by atoms with van der Waals surface area (Å²) in [6.07, 6.45) is 6.03. The normalized spacial score (nSPS) is 17.5. The summed E-state index contributed by atoms with van der Waals surface area (Å²) in [6, 6.07) is 6.45. The molecule has 0 radical (unpaired) electrons. The van der Waals surface area contributed by atoms with Gasteiger partial charge in [0.25, 0.3) is 0 Å². The molecule has 0 bridgehead atoms. The lowest BCUT2D eigenvalue weighted by atomic mass is 10.1. The van der Waals surface area contributed by atoms with Crippen molar-refractivity contribution in [2.24, 2.45) is 0 Å². The maximum Gasteiger partial charge on any atom is 0.211 e. The van der Waals surface area contributed by atoms with Crippen LogP contribution in [0, 0.1) is 13.8 Å². The minimum absolute atomic E-state index is 0.300. The lowest BCUT2D eigenvalue weighted by molar-refractivity contribution is 0.244. The third kappa shape index (κ3) is 3.86. The highest BCUT2D eigenvalue weighted by Gasteiger charge is 2.28. The second-order valence-electron chi connectivity index (χ2n) is 6.47. The van der Waals surface area contributed by atoms with E-state index in [-0.39, 0.29) is 0 Å². The van der Waals surface area contributed by atoms with Gasteiger partial charge in [-0.05, 0) is 44.9 Å². The van der Waals surface area contributed by atoms with Gasteiger partial charge in [-0.2, -0.15) is 0 Å². The number of rotatable bonds is 5. The van der Waals surface area contributed by atoms with Gasteiger partial charge in [0.1, 0.15) is 16.6 Å². The molecular weight excluding hydrogens is 346 g/mol. The summed E-state index contributed by atoms with van der Waals surface area (Å²) in [5.41, 5.74) is 2.29. The van der Waals surface area contributed by atoms with Crippen LogP contribution >= 0.6 is 11.3 Å². The molecule has 1 atom stereocenters. The lowest BCUT2D eigenvalue weighted by Crippen LogP contribution is -2.24. The molecular formula is C18H21N7S. The van der Waals surface area contributed by atoms with Crippen molar-refractivity contribution in [3.8, 4) is 0 Å². The largest absolute Gasteiger partial charge is 0.315 e. The first-order valence-corrected chi connectivity index (χ1v) is 9.55.